The Balaban J connectivity index is 2.19. The van der Waals surface area contributed by atoms with Crippen LogP contribution in [-0.2, 0) is 4.79 Å². The van der Waals surface area contributed by atoms with E-state index in [1.54, 1.807) is 0 Å². The van der Waals surface area contributed by atoms with E-state index in [9.17, 15) is 4.79 Å². The third-order valence-electron chi connectivity index (χ3n) is 2.70. The highest BCUT2D eigenvalue weighted by Gasteiger charge is 2.45. The van der Waals surface area contributed by atoms with Crippen molar-refractivity contribution in [3.63, 3.8) is 0 Å². The number of carboxylic acid groups (broad SMARTS) is 1. The summed E-state index contributed by atoms with van der Waals surface area (Å²) in [6.07, 6.45) is 1.99. The second-order valence-corrected chi connectivity index (χ2v) is 4.41. The van der Waals surface area contributed by atoms with Crippen LogP contribution < -0.4 is 0 Å². The van der Waals surface area contributed by atoms with E-state index >= 15 is 0 Å². The first kappa shape index (κ1) is 10.5. The van der Waals surface area contributed by atoms with Gasteiger partial charge in [-0.2, -0.15) is 0 Å². The molecule has 0 aliphatic heterocycles. The van der Waals surface area contributed by atoms with Crippen LogP contribution in [-0.4, -0.2) is 35.6 Å². The van der Waals surface area contributed by atoms with Gasteiger partial charge in [0.1, 0.15) is 0 Å². The van der Waals surface area contributed by atoms with Crippen LogP contribution >= 0.6 is 0 Å². The Bertz CT molecular complexity index is 191. The largest absolute Gasteiger partial charge is 0.481 e. The van der Waals surface area contributed by atoms with Crippen molar-refractivity contribution in [1.82, 2.24) is 4.90 Å². The van der Waals surface area contributed by atoms with E-state index in [1.807, 2.05) is 7.05 Å². The molecule has 76 valence electrons. The van der Waals surface area contributed by atoms with Gasteiger partial charge >= 0.3 is 5.97 Å². The predicted octanol–water partition coefficient (Wildman–Crippen LogP) is 1.44. The zero-order valence-electron chi connectivity index (χ0n) is 8.66. The van der Waals surface area contributed by atoms with Gasteiger partial charge in [0.2, 0.25) is 0 Å². The molecule has 0 radical (unpaired) electrons. The second-order valence-electron chi connectivity index (χ2n) is 4.41. The molecular formula is C10H19NO2. The molecule has 1 rings (SSSR count). The van der Waals surface area contributed by atoms with Crippen LogP contribution in [0.2, 0.25) is 0 Å². The molecule has 2 unspecified atom stereocenters. The van der Waals surface area contributed by atoms with E-state index in [0.717, 1.165) is 19.4 Å². The Hall–Kier alpha value is -0.570. The van der Waals surface area contributed by atoms with Gasteiger partial charge in [0.05, 0.1) is 5.92 Å². The van der Waals surface area contributed by atoms with E-state index in [1.165, 1.54) is 0 Å². The topological polar surface area (TPSA) is 40.5 Å². The van der Waals surface area contributed by atoms with Gasteiger partial charge in [-0.3, -0.25) is 4.79 Å². The van der Waals surface area contributed by atoms with Gasteiger partial charge in [-0.15, -0.1) is 0 Å². The molecule has 1 fully saturated rings. The number of hydrogen-bond acceptors (Lipinski definition) is 2. The molecule has 3 nitrogen and oxygen atoms in total. The summed E-state index contributed by atoms with van der Waals surface area (Å²) >= 11 is 0. The fourth-order valence-corrected chi connectivity index (χ4v) is 1.56. The highest BCUT2D eigenvalue weighted by molar-refractivity contribution is 5.74. The first-order chi connectivity index (χ1) is 6.02. The van der Waals surface area contributed by atoms with Crippen LogP contribution in [0.4, 0.5) is 0 Å². The van der Waals surface area contributed by atoms with Gasteiger partial charge in [0.15, 0.2) is 0 Å². The predicted molar refractivity (Wildman–Crippen MR) is 51.6 cm³/mol. The molecule has 3 heteroatoms. The highest BCUT2D eigenvalue weighted by atomic mass is 16.4. The van der Waals surface area contributed by atoms with E-state index in [2.05, 4.69) is 18.7 Å². The molecule has 1 aliphatic carbocycles. The van der Waals surface area contributed by atoms with Crippen molar-refractivity contribution in [3.05, 3.63) is 0 Å². The van der Waals surface area contributed by atoms with Crippen LogP contribution in [0.15, 0.2) is 0 Å². The van der Waals surface area contributed by atoms with Gasteiger partial charge in [-0.25, -0.2) is 0 Å². The summed E-state index contributed by atoms with van der Waals surface area (Å²) in [5.41, 5.74) is 0. The highest BCUT2D eigenvalue weighted by Crippen LogP contribution is 2.35. The summed E-state index contributed by atoms with van der Waals surface area (Å²) < 4.78 is 0. The van der Waals surface area contributed by atoms with Crippen molar-refractivity contribution in [2.45, 2.75) is 32.7 Å². The lowest BCUT2D eigenvalue weighted by molar-refractivity contribution is -0.138. The molecule has 0 amide bonds. The molecule has 13 heavy (non-hydrogen) atoms. The average molecular weight is 185 g/mol. The molecule has 1 aliphatic rings. The van der Waals surface area contributed by atoms with Crippen molar-refractivity contribution in [2.24, 2.45) is 11.8 Å². The van der Waals surface area contributed by atoms with Crippen molar-refractivity contribution < 1.29 is 9.90 Å². The first-order valence-electron chi connectivity index (χ1n) is 4.95. The number of carboxylic acids is 1. The minimum Gasteiger partial charge on any atom is -0.481 e. The zero-order chi connectivity index (χ0) is 10.0. The van der Waals surface area contributed by atoms with Crippen molar-refractivity contribution in [2.75, 3.05) is 13.6 Å². The molecule has 0 heterocycles. The fraction of sp³-hybridized carbons (Fsp3) is 0.900. The van der Waals surface area contributed by atoms with Crippen LogP contribution in [0, 0.1) is 11.8 Å². The van der Waals surface area contributed by atoms with E-state index in [-0.39, 0.29) is 5.92 Å². The lowest BCUT2D eigenvalue weighted by atomic mass is 10.1. The SMILES string of the molecule is CC(C)CCN(C)C1CC1C(=O)O. The standard InChI is InChI=1S/C10H19NO2/c1-7(2)4-5-11(3)9-6-8(9)10(12)13/h7-9H,4-6H2,1-3H3,(H,12,13). The maximum absolute atomic E-state index is 10.6. The van der Waals surface area contributed by atoms with E-state index in [0.29, 0.717) is 12.0 Å². The molecule has 1 saturated carbocycles. The van der Waals surface area contributed by atoms with Gasteiger partial charge < -0.3 is 10.0 Å². The van der Waals surface area contributed by atoms with Crippen LogP contribution in [0.5, 0.6) is 0 Å². The minimum atomic E-state index is -0.638. The quantitative estimate of drug-likeness (QED) is 0.704. The molecule has 0 aromatic heterocycles. The fourth-order valence-electron chi connectivity index (χ4n) is 1.56. The molecule has 0 bridgehead atoms. The molecule has 2 atom stereocenters. The first-order valence-corrected chi connectivity index (χ1v) is 4.95. The van der Waals surface area contributed by atoms with Crippen molar-refractivity contribution >= 4 is 5.97 Å². The Morgan fingerprint density at radius 3 is 2.62 bits per heavy atom. The van der Waals surface area contributed by atoms with Gasteiger partial charge in [-0.1, -0.05) is 13.8 Å². The number of hydrogen-bond donors (Lipinski definition) is 1. The van der Waals surface area contributed by atoms with Crippen LogP contribution in [0.25, 0.3) is 0 Å². The summed E-state index contributed by atoms with van der Waals surface area (Å²) in [4.78, 5) is 12.8. The number of nitrogens with zero attached hydrogens (tertiary/aromatic N) is 1. The molecule has 0 saturated heterocycles. The van der Waals surface area contributed by atoms with Gasteiger partial charge in [0, 0.05) is 6.04 Å². The maximum Gasteiger partial charge on any atom is 0.308 e. The Labute approximate surface area is 79.7 Å². The zero-order valence-corrected chi connectivity index (χ0v) is 8.66. The lowest BCUT2D eigenvalue weighted by Gasteiger charge is -2.17. The molecule has 0 aromatic carbocycles. The molecule has 1 N–H and O–H groups in total. The molecule has 0 spiro atoms. The Kier molecular flexibility index (Phi) is 3.31. The summed E-state index contributed by atoms with van der Waals surface area (Å²) in [5, 5.41) is 8.72. The summed E-state index contributed by atoms with van der Waals surface area (Å²) in [6.45, 7) is 5.40. The van der Waals surface area contributed by atoms with Crippen LogP contribution in [0.1, 0.15) is 26.7 Å². The number of carbonyl (C=O) groups is 1. The molecular weight excluding hydrogens is 166 g/mol. The van der Waals surface area contributed by atoms with Crippen LogP contribution in [0.3, 0.4) is 0 Å². The molecule has 0 aromatic rings. The van der Waals surface area contributed by atoms with Crippen molar-refractivity contribution in [3.8, 4) is 0 Å². The monoisotopic (exact) mass is 185 g/mol. The summed E-state index contributed by atoms with van der Waals surface area (Å²) in [5.74, 6) is -0.0389. The van der Waals surface area contributed by atoms with Gasteiger partial charge in [0.25, 0.3) is 0 Å². The van der Waals surface area contributed by atoms with Crippen molar-refractivity contribution in [1.29, 1.82) is 0 Å². The van der Waals surface area contributed by atoms with E-state index < -0.39 is 5.97 Å². The Morgan fingerprint density at radius 2 is 2.23 bits per heavy atom. The maximum atomic E-state index is 10.6. The average Bonchev–Trinajstić information content (AvgIpc) is 2.78. The second kappa shape index (κ2) is 4.09. The Morgan fingerprint density at radius 1 is 1.62 bits per heavy atom. The third kappa shape index (κ3) is 2.99. The van der Waals surface area contributed by atoms with Gasteiger partial charge in [-0.05, 0) is 32.4 Å². The number of rotatable bonds is 5. The smallest absolute Gasteiger partial charge is 0.308 e. The third-order valence-corrected chi connectivity index (χ3v) is 2.70. The lowest BCUT2D eigenvalue weighted by Crippen LogP contribution is -2.26. The minimum absolute atomic E-state index is 0.0998. The number of aliphatic carboxylic acids is 1. The summed E-state index contributed by atoms with van der Waals surface area (Å²) in [7, 11) is 2.02. The van der Waals surface area contributed by atoms with E-state index in [4.69, 9.17) is 5.11 Å². The summed E-state index contributed by atoms with van der Waals surface area (Å²) in [6, 6.07) is 0.302. The normalized spacial score (nSPS) is 26.8.